The molecule has 1 aromatic carbocycles. The van der Waals surface area contributed by atoms with Crippen LogP contribution in [0.4, 0.5) is 4.79 Å². The molecule has 0 spiro atoms. The maximum Gasteiger partial charge on any atom is 0.411 e. The van der Waals surface area contributed by atoms with Gasteiger partial charge in [0.25, 0.3) is 5.91 Å². The number of hydroxylamine groups is 2. The first-order valence-corrected chi connectivity index (χ1v) is 10.1. The summed E-state index contributed by atoms with van der Waals surface area (Å²) in [4.78, 5) is 37.4. The molecule has 1 aliphatic rings. The fourth-order valence-corrected chi connectivity index (χ4v) is 2.97. The number of amides is 2. The lowest BCUT2D eigenvalue weighted by molar-refractivity contribution is -0.141. The summed E-state index contributed by atoms with van der Waals surface area (Å²) in [6, 6.07) is 9.06. The molecule has 1 aromatic rings. The average molecular weight is 408 g/mol. The monoisotopic (exact) mass is 407 g/mol. The predicted molar refractivity (Wildman–Crippen MR) is 109 cm³/mol. The molecule has 2 rings (SSSR count). The number of rotatable bonds is 8. The Morgan fingerprint density at radius 1 is 1.14 bits per heavy atom. The standard InChI is InChI=1S/C21H33N3O5/c1-5-13-27-23-19(25)18-12-11-17(14-24(18)20(26)29-21(2,3)4)22-28-15-16-9-7-6-8-10-16/h6-10,17-18,22H,5,11-15H2,1-4H3,(H,23,25)/t17-,18+/m1/s1. The highest BCUT2D eigenvalue weighted by molar-refractivity contribution is 5.85. The van der Waals surface area contributed by atoms with Crippen LogP contribution >= 0.6 is 0 Å². The quantitative estimate of drug-likeness (QED) is 0.509. The van der Waals surface area contributed by atoms with Gasteiger partial charge in [0, 0.05) is 6.54 Å². The van der Waals surface area contributed by atoms with Crippen LogP contribution in [0.5, 0.6) is 0 Å². The van der Waals surface area contributed by atoms with Gasteiger partial charge in [-0.1, -0.05) is 37.3 Å². The first kappa shape index (κ1) is 23.1. The molecule has 8 nitrogen and oxygen atoms in total. The number of hydrogen-bond acceptors (Lipinski definition) is 6. The van der Waals surface area contributed by atoms with Crippen LogP contribution < -0.4 is 11.0 Å². The second kappa shape index (κ2) is 11.1. The number of likely N-dealkylation sites (tertiary alicyclic amines) is 1. The Morgan fingerprint density at radius 2 is 1.86 bits per heavy atom. The molecular formula is C21H33N3O5. The molecule has 2 amide bonds. The normalized spacial score (nSPS) is 19.7. The summed E-state index contributed by atoms with van der Waals surface area (Å²) in [6.45, 7) is 8.48. The Bertz CT molecular complexity index is 647. The number of nitrogens with zero attached hydrogens (tertiary/aromatic N) is 1. The molecule has 0 saturated carbocycles. The van der Waals surface area contributed by atoms with Gasteiger partial charge in [-0.05, 0) is 45.6 Å². The molecule has 0 aromatic heterocycles. The zero-order valence-electron chi connectivity index (χ0n) is 17.8. The largest absolute Gasteiger partial charge is 0.444 e. The fourth-order valence-electron chi connectivity index (χ4n) is 2.97. The van der Waals surface area contributed by atoms with Crippen molar-refractivity contribution in [2.45, 2.75) is 71.2 Å². The smallest absolute Gasteiger partial charge is 0.411 e. The van der Waals surface area contributed by atoms with Crippen LogP contribution in [0.2, 0.25) is 0 Å². The van der Waals surface area contributed by atoms with Crippen LogP contribution in [0, 0.1) is 0 Å². The highest BCUT2D eigenvalue weighted by atomic mass is 16.7. The number of carbonyl (C=O) groups excluding carboxylic acids is 2. The van der Waals surface area contributed by atoms with Gasteiger partial charge in [0.15, 0.2) is 0 Å². The van der Waals surface area contributed by atoms with Crippen LogP contribution in [0.3, 0.4) is 0 Å². The number of carbonyl (C=O) groups is 2. The van der Waals surface area contributed by atoms with E-state index in [1.807, 2.05) is 37.3 Å². The van der Waals surface area contributed by atoms with Crippen LogP contribution in [-0.2, 0) is 25.8 Å². The number of nitrogens with one attached hydrogen (secondary N) is 2. The molecule has 1 saturated heterocycles. The van der Waals surface area contributed by atoms with E-state index in [-0.39, 0.29) is 11.9 Å². The molecule has 2 atom stereocenters. The van der Waals surface area contributed by atoms with E-state index in [1.165, 1.54) is 4.90 Å². The van der Waals surface area contributed by atoms with Gasteiger partial charge in [-0.15, -0.1) is 0 Å². The minimum Gasteiger partial charge on any atom is -0.444 e. The van der Waals surface area contributed by atoms with Gasteiger partial charge in [0.05, 0.1) is 19.3 Å². The van der Waals surface area contributed by atoms with Crippen molar-refractivity contribution in [3.8, 4) is 0 Å². The van der Waals surface area contributed by atoms with E-state index in [0.717, 1.165) is 12.0 Å². The van der Waals surface area contributed by atoms with Gasteiger partial charge in [-0.3, -0.25) is 19.4 Å². The first-order valence-electron chi connectivity index (χ1n) is 10.1. The molecule has 1 heterocycles. The predicted octanol–water partition coefficient (Wildman–Crippen LogP) is 2.93. The maximum absolute atomic E-state index is 12.7. The van der Waals surface area contributed by atoms with E-state index in [0.29, 0.717) is 32.6 Å². The van der Waals surface area contributed by atoms with Crippen LogP contribution in [0.15, 0.2) is 30.3 Å². The molecule has 0 unspecified atom stereocenters. The zero-order valence-corrected chi connectivity index (χ0v) is 17.8. The van der Waals surface area contributed by atoms with Crippen molar-refractivity contribution in [3.63, 3.8) is 0 Å². The van der Waals surface area contributed by atoms with Crippen LogP contribution in [-0.4, -0.2) is 47.7 Å². The van der Waals surface area contributed by atoms with E-state index in [4.69, 9.17) is 14.4 Å². The third-order valence-electron chi connectivity index (χ3n) is 4.32. The molecule has 1 fully saturated rings. The Labute approximate surface area is 172 Å². The minimum absolute atomic E-state index is 0.105. The third kappa shape index (κ3) is 8.00. The number of benzene rings is 1. The van der Waals surface area contributed by atoms with E-state index in [1.54, 1.807) is 20.8 Å². The van der Waals surface area contributed by atoms with Crippen LogP contribution in [0.25, 0.3) is 0 Å². The van der Waals surface area contributed by atoms with Crippen molar-refractivity contribution in [3.05, 3.63) is 35.9 Å². The summed E-state index contributed by atoms with van der Waals surface area (Å²) in [5, 5.41) is 0. The van der Waals surface area contributed by atoms with Gasteiger partial charge in [-0.25, -0.2) is 10.3 Å². The molecule has 8 heteroatoms. The second-order valence-corrected chi connectivity index (χ2v) is 8.13. The Hall–Kier alpha value is -2.16. The van der Waals surface area contributed by atoms with Gasteiger partial charge in [-0.2, -0.15) is 5.48 Å². The maximum atomic E-state index is 12.7. The molecule has 2 N–H and O–H groups in total. The van der Waals surface area contributed by atoms with E-state index >= 15 is 0 Å². The third-order valence-corrected chi connectivity index (χ3v) is 4.32. The van der Waals surface area contributed by atoms with E-state index in [2.05, 4.69) is 11.0 Å². The second-order valence-electron chi connectivity index (χ2n) is 8.13. The van der Waals surface area contributed by atoms with Gasteiger partial charge < -0.3 is 4.74 Å². The lowest BCUT2D eigenvalue weighted by Crippen LogP contribution is -2.58. The molecule has 0 bridgehead atoms. The SMILES string of the molecule is CCCONC(=O)[C@@H]1CC[C@@H](NOCc2ccccc2)CN1C(=O)OC(C)(C)C. The Balaban J connectivity index is 1.95. The van der Waals surface area contributed by atoms with E-state index < -0.39 is 17.7 Å². The lowest BCUT2D eigenvalue weighted by Gasteiger charge is -2.39. The van der Waals surface area contributed by atoms with Crippen molar-refractivity contribution in [2.75, 3.05) is 13.2 Å². The number of ether oxygens (including phenoxy) is 1. The molecule has 0 radical (unpaired) electrons. The average Bonchev–Trinajstić information content (AvgIpc) is 2.67. The molecule has 162 valence electrons. The summed E-state index contributed by atoms with van der Waals surface area (Å²) in [7, 11) is 0. The van der Waals surface area contributed by atoms with Gasteiger partial charge >= 0.3 is 6.09 Å². The lowest BCUT2D eigenvalue weighted by atomic mass is 9.98. The molecule has 29 heavy (non-hydrogen) atoms. The summed E-state index contributed by atoms with van der Waals surface area (Å²) >= 11 is 0. The van der Waals surface area contributed by atoms with Crippen molar-refractivity contribution in [2.24, 2.45) is 0 Å². The van der Waals surface area contributed by atoms with Gasteiger partial charge in [0.1, 0.15) is 11.6 Å². The topological polar surface area (TPSA) is 89.1 Å². The first-order chi connectivity index (χ1) is 13.8. The van der Waals surface area contributed by atoms with E-state index in [9.17, 15) is 9.59 Å². The fraction of sp³-hybridized carbons (Fsp3) is 0.619. The van der Waals surface area contributed by atoms with Crippen molar-refractivity contribution >= 4 is 12.0 Å². The summed E-state index contributed by atoms with van der Waals surface area (Å²) in [5.41, 5.74) is 5.85. The summed E-state index contributed by atoms with van der Waals surface area (Å²) < 4.78 is 5.50. The highest BCUT2D eigenvalue weighted by Gasteiger charge is 2.38. The minimum atomic E-state index is -0.652. The number of hydrogen-bond donors (Lipinski definition) is 2. The van der Waals surface area contributed by atoms with Crippen molar-refractivity contribution < 1.29 is 24.0 Å². The molecule has 1 aliphatic heterocycles. The Kier molecular flexibility index (Phi) is 8.88. The number of piperidine rings is 1. The molecule has 0 aliphatic carbocycles. The summed E-state index contributed by atoms with van der Waals surface area (Å²) in [6.07, 6.45) is 1.42. The van der Waals surface area contributed by atoms with Crippen molar-refractivity contribution in [1.82, 2.24) is 15.9 Å². The van der Waals surface area contributed by atoms with Gasteiger partial charge in [0.2, 0.25) is 0 Å². The summed E-state index contributed by atoms with van der Waals surface area (Å²) in [5.74, 6) is -0.340. The highest BCUT2D eigenvalue weighted by Crippen LogP contribution is 2.21. The van der Waals surface area contributed by atoms with Crippen LogP contribution in [0.1, 0.15) is 52.5 Å². The molecular weight excluding hydrogens is 374 g/mol. The zero-order chi connectivity index (χ0) is 21.3. The van der Waals surface area contributed by atoms with Crippen molar-refractivity contribution in [1.29, 1.82) is 0 Å². The Morgan fingerprint density at radius 3 is 2.52 bits per heavy atom.